The number of nitriles is 1. The van der Waals surface area contributed by atoms with E-state index in [9.17, 15) is 5.26 Å². The van der Waals surface area contributed by atoms with Crippen molar-refractivity contribution in [1.29, 1.82) is 5.26 Å². The molecule has 23 heavy (non-hydrogen) atoms. The van der Waals surface area contributed by atoms with Crippen LogP contribution in [0.1, 0.15) is 36.6 Å². The lowest BCUT2D eigenvalue weighted by Crippen LogP contribution is -2.14. The maximum absolute atomic E-state index is 9.37. The topological polar surface area (TPSA) is 79.4 Å². The van der Waals surface area contributed by atoms with Gasteiger partial charge in [0, 0.05) is 18.4 Å². The zero-order valence-corrected chi connectivity index (χ0v) is 12.8. The number of hydrogen-bond acceptors (Lipinski definition) is 5. The van der Waals surface area contributed by atoms with Crippen LogP contribution in [0.25, 0.3) is 10.9 Å². The predicted octanol–water partition coefficient (Wildman–Crippen LogP) is 2.82. The highest BCUT2D eigenvalue weighted by Crippen LogP contribution is 2.24. The van der Waals surface area contributed by atoms with Crippen LogP contribution < -0.4 is 5.32 Å². The summed E-state index contributed by atoms with van der Waals surface area (Å²) in [4.78, 5) is 4.61. The van der Waals surface area contributed by atoms with E-state index in [4.69, 9.17) is 0 Å². The minimum Gasteiger partial charge on any atom is -0.360 e. The van der Waals surface area contributed by atoms with Gasteiger partial charge in [0.1, 0.15) is 11.6 Å². The standard InChI is InChI=1S/C17H16N6/c1-11(17-22-21-16-7-4-8-23(16)17)19-15-9-12(10-18)13-5-2-3-6-14(13)20-15/h2-3,5-6,9,11H,4,7-8H2,1H3,(H,19,20). The first-order valence-electron chi connectivity index (χ1n) is 7.74. The van der Waals surface area contributed by atoms with E-state index in [1.54, 1.807) is 6.07 Å². The van der Waals surface area contributed by atoms with Gasteiger partial charge in [-0.1, -0.05) is 18.2 Å². The maximum atomic E-state index is 9.37. The number of pyridine rings is 1. The summed E-state index contributed by atoms with van der Waals surface area (Å²) in [7, 11) is 0. The van der Waals surface area contributed by atoms with E-state index < -0.39 is 0 Å². The Morgan fingerprint density at radius 1 is 1.30 bits per heavy atom. The summed E-state index contributed by atoms with van der Waals surface area (Å²) in [6.45, 7) is 3.01. The molecule has 1 aromatic carbocycles. The molecule has 1 aliphatic heterocycles. The molecular formula is C17H16N6. The Balaban J connectivity index is 1.68. The number of hydrogen-bond donors (Lipinski definition) is 1. The number of para-hydroxylation sites is 1. The van der Waals surface area contributed by atoms with Crippen LogP contribution in [-0.4, -0.2) is 19.7 Å². The Morgan fingerprint density at radius 2 is 2.17 bits per heavy atom. The van der Waals surface area contributed by atoms with Gasteiger partial charge in [0.25, 0.3) is 0 Å². The number of aryl methyl sites for hydroxylation is 1. The lowest BCUT2D eigenvalue weighted by atomic mass is 10.1. The summed E-state index contributed by atoms with van der Waals surface area (Å²) in [5, 5.41) is 22.1. The van der Waals surface area contributed by atoms with Crippen molar-refractivity contribution in [2.24, 2.45) is 0 Å². The lowest BCUT2D eigenvalue weighted by molar-refractivity contribution is 0.651. The molecule has 0 amide bonds. The summed E-state index contributed by atoms with van der Waals surface area (Å²) >= 11 is 0. The van der Waals surface area contributed by atoms with E-state index in [0.29, 0.717) is 11.4 Å². The predicted molar refractivity (Wildman–Crippen MR) is 86.8 cm³/mol. The number of fused-ring (bicyclic) bond motifs is 2. The third-order valence-electron chi connectivity index (χ3n) is 4.23. The molecule has 0 spiro atoms. The summed E-state index contributed by atoms with van der Waals surface area (Å²) in [5.41, 5.74) is 1.43. The van der Waals surface area contributed by atoms with E-state index in [1.165, 1.54) is 0 Å². The van der Waals surface area contributed by atoms with Gasteiger partial charge < -0.3 is 9.88 Å². The van der Waals surface area contributed by atoms with Crippen molar-refractivity contribution in [3.05, 3.63) is 47.5 Å². The fourth-order valence-corrected chi connectivity index (χ4v) is 3.12. The molecule has 6 heteroatoms. The largest absolute Gasteiger partial charge is 0.360 e. The normalized spacial score (nSPS) is 14.4. The van der Waals surface area contributed by atoms with Gasteiger partial charge in [-0.05, 0) is 25.5 Å². The maximum Gasteiger partial charge on any atom is 0.155 e. The van der Waals surface area contributed by atoms with Gasteiger partial charge in [0.05, 0.1) is 23.2 Å². The number of benzene rings is 1. The molecule has 0 saturated heterocycles. The number of nitrogens with zero attached hydrogens (tertiary/aromatic N) is 5. The second-order valence-electron chi connectivity index (χ2n) is 5.78. The second kappa shape index (κ2) is 5.36. The van der Waals surface area contributed by atoms with Crippen molar-refractivity contribution in [2.75, 3.05) is 5.32 Å². The first-order chi connectivity index (χ1) is 11.3. The molecule has 2 aromatic heterocycles. The fourth-order valence-electron chi connectivity index (χ4n) is 3.12. The molecule has 0 bridgehead atoms. The first-order valence-corrected chi connectivity index (χ1v) is 7.74. The summed E-state index contributed by atoms with van der Waals surface area (Å²) in [6.07, 6.45) is 2.11. The van der Waals surface area contributed by atoms with E-state index in [0.717, 1.165) is 41.9 Å². The zero-order chi connectivity index (χ0) is 15.8. The van der Waals surface area contributed by atoms with E-state index in [2.05, 4.69) is 31.1 Å². The molecule has 114 valence electrons. The monoisotopic (exact) mass is 304 g/mol. The van der Waals surface area contributed by atoms with Crippen molar-refractivity contribution in [3.63, 3.8) is 0 Å². The van der Waals surface area contributed by atoms with Gasteiger partial charge >= 0.3 is 0 Å². The van der Waals surface area contributed by atoms with Crippen LogP contribution in [0.5, 0.6) is 0 Å². The fraction of sp³-hybridized carbons (Fsp3) is 0.294. The van der Waals surface area contributed by atoms with E-state index in [1.807, 2.05) is 31.2 Å². The molecular weight excluding hydrogens is 288 g/mol. The average molecular weight is 304 g/mol. The molecule has 1 unspecified atom stereocenters. The van der Waals surface area contributed by atoms with E-state index in [-0.39, 0.29) is 6.04 Å². The molecule has 4 rings (SSSR count). The first kappa shape index (κ1) is 13.7. The number of nitrogens with one attached hydrogen (secondary N) is 1. The summed E-state index contributed by atoms with van der Waals surface area (Å²) in [6, 6.07) is 11.7. The summed E-state index contributed by atoms with van der Waals surface area (Å²) in [5.74, 6) is 2.66. The van der Waals surface area contributed by atoms with Crippen LogP contribution in [0, 0.1) is 11.3 Å². The molecule has 6 nitrogen and oxygen atoms in total. The van der Waals surface area contributed by atoms with Crippen molar-refractivity contribution < 1.29 is 0 Å². The zero-order valence-electron chi connectivity index (χ0n) is 12.8. The van der Waals surface area contributed by atoms with Gasteiger partial charge in [-0.2, -0.15) is 5.26 Å². The minimum absolute atomic E-state index is 0.0189. The molecule has 1 aliphatic rings. The molecule has 3 heterocycles. The highest BCUT2D eigenvalue weighted by Gasteiger charge is 2.21. The molecule has 0 radical (unpaired) electrons. The van der Waals surface area contributed by atoms with Gasteiger partial charge in [-0.3, -0.25) is 0 Å². The average Bonchev–Trinajstić information content (AvgIpc) is 3.17. The summed E-state index contributed by atoms with van der Waals surface area (Å²) < 4.78 is 2.17. The molecule has 0 fully saturated rings. The van der Waals surface area contributed by atoms with Crippen molar-refractivity contribution in [1.82, 2.24) is 19.7 Å². The molecule has 1 atom stereocenters. The van der Waals surface area contributed by atoms with Crippen LogP contribution in [0.2, 0.25) is 0 Å². The minimum atomic E-state index is -0.0189. The van der Waals surface area contributed by atoms with Gasteiger partial charge in [-0.15, -0.1) is 10.2 Å². The third kappa shape index (κ3) is 2.30. The van der Waals surface area contributed by atoms with Gasteiger partial charge in [-0.25, -0.2) is 4.98 Å². The highest BCUT2D eigenvalue weighted by molar-refractivity contribution is 5.86. The molecule has 0 aliphatic carbocycles. The van der Waals surface area contributed by atoms with E-state index >= 15 is 0 Å². The van der Waals surface area contributed by atoms with Crippen molar-refractivity contribution >= 4 is 16.7 Å². The van der Waals surface area contributed by atoms with Crippen molar-refractivity contribution in [2.45, 2.75) is 32.4 Å². The Morgan fingerprint density at radius 3 is 3.04 bits per heavy atom. The van der Waals surface area contributed by atoms with Crippen LogP contribution in [0.15, 0.2) is 30.3 Å². The van der Waals surface area contributed by atoms with Gasteiger partial charge in [0.2, 0.25) is 0 Å². The van der Waals surface area contributed by atoms with Crippen molar-refractivity contribution in [3.8, 4) is 6.07 Å². The third-order valence-corrected chi connectivity index (χ3v) is 4.23. The van der Waals surface area contributed by atoms with Crippen LogP contribution in [0.3, 0.4) is 0 Å². The van der Waals surface area contributed by atoms with Crippen LogP contribution in [-0.2, 0) is 13.0 Å². The second-order valence-corrected chi connectivity index (χ2v) is 5.78. The molecule has 3 aromatic rings. The smallest absolute Gasteiger partial charge is 0.155 e. The Hall–Kier alpha value is -2.94. The lowest BCUT2D eigenvalue weighted by Gasteiger charge is -2.15. The molecule has 1 N–H and O–H groups in total. The Bertz CT molecular complexity index is 920. The Labute approximate surface area is 133 Å². The Kier molecular flexibility index (Phi) is 3.19. The highest BCUT2D eigenvalue weighted by atomic mass is 15.3. The number of rotatable bonds is 3. The quantitative estimate of drug-likeness (QED) is 0.805. The number of aromatic nitrogens is 4. The number of anilines is 1. The SMILES string of the molecule is CC(Nc1cc(C#N)c2ccccc2n1)c1nnc2n1CCC2. The van der Waals surface area contributed by atoms with Crippen LogP contribution in [0.4, 0.5) is 5.82 Å². The molecule has 0 saturated carbocycles. The van der Waals surface area contributed by atoms with Crippen LogP contribution >= 0.6 is 0 Å². The van der Waals surface area contributed by atoms with Gasteiger partial charge in [0.15, 0.2) is 5.82 Å².